The topological polar surface area (TPSA) is 99.0 Å². The van der Waals surface area contributed by atoms with E-state index in [0.29, 0.717) is 23.5 Å². The molecule has 6 heteroatoms. The van der Waals surface area contributed by atoms with Crippen LogP contribution in [0.15, 0.2) is 36.7 Å². The van der Waals surface area contributed by atoms with Crippen molar-refractivity contribution >= 4 is 17.3 Å². The van der Waals surface area contributed by atoms with Crippen LogP contribution >= 0.6 is 0 Å². The highest BCUT2D eigenvalue weighted by Crippen LogP contribution is 2.18. The molecule has 1 heterocycles. The Hall–Kier alpha value is -2.50. The number of nitrogens with two attached hydrogens (primary N) is 2. The maximum atomic E-state index is 11.3. The summed E-state index contributed by atoms with van der Waals surface area (Å²) >= 11 is 0. The van der Waals surface area contributed by atoms with Crippen molar-refractivity contribution in [1.82, 2.24) is 9.78 Å². The van der Waals surface area contributed by atoms with Gasteiger partial charge in [-0.3, -0.25) is 9.48 Å². The highest BCUT2D eigenvalue weighted by Gasteiger charge is 2.07. The first-order valence-corrected chi connectivity index (χ1v) is 6.07. The van der Waals surface area contributed by atoms with E-state index in [1.54, 1.807) is 24.4 Å². The number of primary amides is 1. The highest BCUT2D eigenvalue weighted by atomic mass is 16.1. The summed E-state index contributed by atoms with van der Waals surface area (Å²) in [6, 6.07) is 6.90. The molecule has 1 amide bonds. The molecule has 100 valence electrons. The van der Waals surface area contributed by atoms with Crippen molar-refractivity contribution in [3.05, 3.63) is 42.2 Å². The van der Waals surface area contributed by atoms with Gasteiger partial charge < -0.3 is 16.8 Å². The number of anilines is 2. The van der Waals surface area contributed by atoms with Crippen molar-refractivity contribution in [2.75, 3.05) is 17.6 Å². The van der Waals surface area contributed by atoms with Crippen LogP contribution < -0.4 is 16.8 Å². The Morgan fingerprint density at radius 2 is 2.26 bits per heavy atom. The summed E-state index contributed by atoms with van der Waals surface area (Å²) in [6.45, 7) is 1.53. The van der Waals surface area contributed by atoms with Gasteiger partial charge in [0, 0.05) is 36.9 Å². The fraction of sp³-hybridized carbons (Fsp3) is 0.231. The number of nitrogens with one attached hydrogen (secondary N) is 1. The number of nitrogens with zero attached hydrogens (tertiary/aromatic N) is 2. The molecule has 19 heavy (non-hydrogen) atoms. The van der Waals surface area contributed by atoms with E-state index in [-0.39, 0.29) is 0 Å². The second-order valence-electron chi connectivity index (χ2n) is 4.22. The van der Waals surface area contributed by atoms with Gasteiger partial charge in [0.05, 0.1) is 5.56 Å². The lowest BCUT2D eigenvalue weighted by Gasteiger charge is -2.11. The van der Waals surface area contributed by atoms with Crippen molar-refractivity contribution in [1.29, 1.82) is 0 Å². The van der Waals surface area contributed by atoms with Gasteiger partial charge in [-0.05, 0) is 30.7 Å². The van der Waals surface area contributed by atoms with E-state index in [1.807, 2.05) is 16.9 Å². The highest BCUT2D eigenvalue weighted by molar-refractivity contribution is 5.99. The Balaban J connectivity index is 1.91. The Kier molecular flexibility index (Phi) is 4.02. The van der Waals surface area contributed by atoms with Crippen LogP contribution in [0.2, 0.25) is 0 Å². The number of carbonyl (C=O) groups excluding carboxylic acids is 1. The molecule has 0 spiro atoms. The van der Waals surface area contributed by atoms with Gasteiger partial charge in [-0.1, -0.05) is 0 Å². The van der Waals surface area contributed by atoms with Gasteiger partial charge in [-0.15, -0.1) is 0 Å². The minimum absolute atomic E-state index is 0.452. The normalized spacial score (nSPS) is 10.3. The van der Waals surface area contributed by atoms with E-state index in [2.05, 4.69) is 10.4 Å². The van der Waals surface area contributed by atoms with Gasteiger partial charge in [-0.25, -0.2) is 0 Å². The predicted octanol–water partition coefficient (Wildman–Crippen LogP) is 1.07. The number of amides is 1. The van der Waals surface area contributed by atoms with Crippen LogP contribution in [0.4, 0.5) is 11.4 Å². The number of hydrogen-bond acceptors (Lipinski definition) is 4. The number of nitrogen functional groups attached to an aromatic ring is 1. The molecule has 2 rings (SSSR count). The van der Waals surface area contributed by atoms with Crippen molar-refractivity contribution in [3.8, 4) is 0 Å². The maximum Gasteiger partial charge on any atom is 0.250 e. The Labute approximate surface area is 111 Å². The quantitative estimate of drug-likeness (QED) is 0.533. The van der Waals surface area contributed by atoms with Crippen LogP contribution in [0, 0.1) is 0 Å². The summed E-state index contributed by atoms with van der Waals surface area (Å²) in [4.78, 5) is 11.3. The Bertz CT molecular complexity index is 550. The number of benzene rings is 1. The van der Waals surface area contributed by atoms with Crippen molar-refractivity contribution in [2.45, 2.75) is 13.0 Å². The monoisotopic (exact) mass is 259 g/mol. The zero-order valence-electron chi connectivity index (χ0n) is 10.5. The van der Waals surface area contributed by atoms with Gasteiger partial charge in [0.25, 0.3) is 5.91 Å². The molecule has 0 radical (unpaired) electrons. The van der Waals surface area contributed by atoms with Crippen LogP contribution in [-0.2, 0) is 6.54 Å². The molecule has 0 aliphatic carbocycles. The van der Waals surface area contributed by atoms with Crippen LogP contribution in [0.1, 0.15) is 16.8 Å². The molecule has 0 aliphatic heterocycles. The average molecular weight is 259 g/mol. The average Bonchev–Trinajstić information content (AvgIpc) is 2.87. The van der Waals surface area contributed by atoms with Crippen LogP contribution in [0.25, 0.3) is 0 Å². The molecule has 0 atom stereocenters. The summed E-state index contributed by atoms with van der Waals surface area (Å²) in [5.74, 6) is -0.463. The number of aryl methyl sites for hydroxylation is 1. The summed E-state index contributed by atoms with van der Waals surface area (Å²) in [7, 11) is 0. The minimum Gasteiger partial charge on any atom is -0.399 e. The summed E-state index contributed by atoms with van der Waals surface area (Å²) in [5.41, 5.74) is 12.7. The second-order valence-corrected chi connectivity index (χ2v) is 4.22. The van der Waals surface area contributed by atoms with E-state index in [0.717, 1.165) is 13.0 Å². The van der Waals surface area contributed by atoms with Crippen molar-refractivity contribution in [3.63, 3.8) is 0 Å². The fourth-order valence-corrected chi connectivity index (χ4v) is 1.82. The minimum atomic E-state index is -0.463. The first-order chi connectivity index (χ1) is 9.16. The molecule has 1 aromatic carbocycles. The molecule has 5 N–H and O–H groups in total. The summed E-state index contributed by atoms with van der Waals surface area (Å²) < 4.78 is 1.86. The number of hydrogen-bond donors (Lipinski definition) is 3. The first-order valence-electron chi connectivity index (χ1n) is 6.07. The summed E-state index contributed by atoms with van der Waals surface area (Å²) in [5, 5.41) is 7.29. The Morgan fingerprint density at radius 3 is 2.95 bits per heavy atom. The molecule has 0 saturated heterocycles. The lowest BCUT2D eigenvalue weighted by Crippen LogP contribution is -2.15. The molecule has 0 bridgehead atoms. The molecular formula is C13H17N5O. The SMILES string of the molecule is NC(=O)c1ccc(N)cc1NCCCn1cccn1. The van der Waals surface area contributed by atoms with Gasteiger partial charge in [0.1, 0.15) is 0 Å². The lowest BCUT2D eigenvalue weighted by molar-refractivity contribution is 0.100. The smallest absolute Gasteiger partial charge is 0.250 e. The van der Waals surface area contributed by atoms with Crippen molar-refractivity contribution < 1.29 is 4.79 Å². The first kappa shape index (κ1) is 12.9. The molecule has 6 nitrogen and oxygen atoms in total. The lowest BCUT2D eigenvalue weighted by atomic mass is 10.1. The molecule has 0 unspecified atom stereocenters. The molecular weight excluding hydrogens is 242 g/mol. The molecule has 1 aromatic heterocycles. The van der Waals surface area contributed by atoms with Gasteiger partial charge in [0.15, 0.2) is 0 Å². The van der Waals surface area contributed by atoms with E-state index < -0.39 is 5.91 Å². The van der Waals surface area contributed by atoms with E-state index >= 15 is 0 Å². The number of carbonyl (C=O) groups is 1. The third kappa shape index (κ3) is 3.48. The summed E-state index contributed by atoms with van der Waals surface area (Å²) in [6.07, 6.45) is 4.54. The van der Waals surface area contributed by atoms with Gasteiger partial charge in [-0.2, -0.15) is 5.10 Å². The fourth-order valence-electron chi connectivity index (χ4n) is 1.82. The predicted molar refractivity (Wildman–Crippen MR) is 74.7 cm³/mol. The van der Waals surface area contributed by atoms with Crippen LogP contribution in [0.3, 0.4) is 0 Å². The van der Waals surface area contributed by atoms with E-state index in [1.165, 1.54) is 0 Å². The zero-order valence-corrected chi connectivity index (χ0v) is 10.5. The molecule has 2 aromatic rings. The van der Waals surface area contributed by atoms with E-state index in [9.17, 15) is 4.79 Å². The van der Waals surface area contributed by atoms with Gasteiger partial charge in [0.2, 0.25) is 0 Å². The third-order valence-electron chi connectivity index (χ3n) is 2.75. The molecule has 0 fully saturated rings. The number of rotatable bonds is 6. The zero-order chi connectivity index (χ0) is 13.7. The third-order valence-corrected chi connectivity index (χ3v) is 2.75. The standard InChI is InChI=1S/C13H17N5O/c14-10-3-4-11(13(15)19)12(9-10)16-5-1-7-18-8-2-6-17-18/h2-4,6,8-9,16H,1,5,7,14H2,(H2,15,19). The van der Waals surface area contributed by atoms with Crippen LogP contribution in [0.5, 0.6) is 0 Å². The molecule has 0 aliphatic rings. The Morgan fingerprint density at radius 1 is 1.42 bits per heavy atom. The van der Waals surface area contributed by atoms with E-state index in [4.69, 9.17) is 11.5 Å². The molecule has 0 saturated carbocycles. The van der Waals surface area contributed by atoms with Crippen LogP contribution in [-0.4, -0.2) is 22.2 Å². The number of aromatic nitrogens is 2. The second kappa shape index (κ2) is 5.90. The largest absolute Gasteiger partial charge is 0.399 e. The van der Waals surface area contributed by atoms with Gasteiger partial charge >= 0.3 is 0 Å². The van der Waals surface area contributed by atoms with Crippen molar-refractivity contribution in [2.24, 2.45) is 5.73 Å². The maximum absolute atomic E-state index is 11.3.